The first-order chi connectivity index (χ1) is 12.7. The summed E-state index contributed by atoms with van der Waals surface area (Å²) in [5.41, 5.74) is 2.09. The molecule has 0 saturated carbocycles. The third kappa shape index (κ3) is 6.48. The van der Waals surface area contributed by atoms with Crippen LogP contribution in [0, 0.1) is 12.8 Å². The predicted molar refractivity (Wildman–Crippen MR) is 106 cm³/mol. The van der Waals surface area contributed by atoms with Gasteiger partial charge in [0.05, 0.1) is 9.77 Å². The van der Waals surface area contributed by atoms with E-state index >= 15 is 0 Å². The number of amides is 2. The van der Waals surface area contributed by atoms with Gasteiger partial charge in [-0.1, -0.05) is 43.7 Å². The summed E-state index contributed by atoms with van der Waals surface area (Å²) >= 11 is 1.02. The number of thiophene rings is 1. The van der Waals surface area contributed by atoms with Crippen LogP contribution in [-0.2, 0) is 21.4 Å². The van der Waals surface area contributed by atoms with Gasteiger partial charge in [0.1, 0.15) is 0 Å². The standard InChI is InChI=1S/C19H24N2O4S2/c1-13(2)4-9-18(22)21-27(24,25)16-10-17(26-12-16)19(23)20-11-15-7-5-14(3)6-8-15/h5-8,10,12-13H,4,9,11H2,1-3H3,(H,20,23)(H,21,22). The summed E-state index contributed by atoms with van der Waals surface area (Å²) in [5, 5.41) is 4.12. The maximum Gasteiger partial charge on any atom is 0.264 e. The van der Waals surface area contributed by atoms with E-state index in [1.807, 2.05) is 45.0 Å². The molecule has 0 aliphatic heterocycles. The number of carbonyl (C=O) groups excluding carboxylic acids is 2. The van der Waals surface area contributed by atoms with Crippen molar-refractivity contribution >= 4 is 33.2 Å². The molecular formula is C19H24N2O4S2. The summed E-state index contributed by atoms with van der Waals surface area (Å²) < 4.78 is 26.6. The molecule has 0 spiro atoms. The Labute approximate surface area is 164 Å². The van der Waals surface area contributed by atoms with Crippen LogP contribution < -0.4 is 10.0 Å². The molecular weight excluding hydrogens is 384 g/mol. The summed E-state index contributed by atoms with van der Waals surface area (Å²) in [6.45, 7) is 6.26. The van der Waals surface area contributed by atoms with E-state index in [1.165, 1.54) is 11.4 Å². The first kappa shape index (κ1) is 21.1. The minimum Gasteiger partial charge on any atom is -0.347 e. The molecule has 0 bridgehead atoms. The molecule has 2 N–H and O–H groups in total. The molecule has 0 atom stereocenters. The number of carbonyl (C=O) groups is 2. The van der Waals surface area contributed by atoms with Gasteiger partial charge in [-0.05, 0) is 30.9 Å². The Kier molecular flexibility index (Phi) is 7.15. The molecule has 0 unspecified atom stereocenters. The monoisotopic (exact) mass is 408 g/mol. The van der Waals surface area contributed by atoms with E-state index in [0.29, 0.717) is 18.9 Å². The lowest BCUT2D eigenvalue weighted by molar-refractivity contribution is -0.119. The number of nitrogens with one attached hydrogen (secondary N) is 2. The second-order valence-electron chi connectivity index (χ2n) is 6.78. The lowest BCUT2D eigenvalue weighted by atomic mass is 10.1. The fraction of sp³-hybridized carbons (Fsp3) is 0.368. The van der Waals surface area contributed by atoms with Gasteiger partial charge >= 0.3 is 0 Å². The third-order valence-electron chi connectivity index (χ3n) is 3.88. The molecule has 1 aromatic heterocycles. The van der Waals surface area contributed by atoms with Crippen molar-refractivity contribution in [3.05, 3.63) is 51.7 Å². The minimum atomic E-state index is -3.96. The Balaban J connectivity index is 1.96. The summed E-state index contributed by atoms with van der Waals surface area (Å²) in [7, 11) is -3.96. The Hall–Kier alpha value is -2.19. The maximum atomic E-state index is 12.3. The normalized spacial score (nSPS) is 11.4. The van der Waals surface area contributed by atoms with E-state index in [9.17, 15) is 18.0 Å². The van der Waals surface area contributed by atoms with Crippen LogP contribution >= 0.6 is 11.3 Å². The fourth-order valence-corrected chi connectivity index (χ4v) is 4.44. The van der Waals surface area contributed by atoms with Gasteiger partial charge in [0, 0.05) is 18.3 Å². The van der Waals surface area contributed by atoms with Gasteiger partial charge in [0.25, 0.3) is 15.9 Å². The van der Waals surface area contributed by atoms with E-state index in [1.54, 1.807) is 0 Å². The quantitative estimate of drug-likeness (QED) is 0.701. The second-order valence-corrected chi connectivity index (χ2v) is 9.37. The maximum absolute atomic E-state index is 12.3. The van der Waals surface area contributed by atoms with Crippen molar-refractivity contribution in [2.24, 2.45) is 5.92 Å². The van der Waals surface area contributed by atoms with Crippen molar-refractivity contribution < 1.29 is 18.0 Å². The van der Waals surface area contributed by atoms with Crippen LogP contribution in [0.15, 0.2) is 40.6 Å². The van der Waals surface area contributed by atoms with E-state index in [2.05, 4.69) is 10.0 Å². The van der Waals surface area contributed by atoms with Gasteiger partial charge < -0.3 is 5.32 Å². The molecule has 0 radical (unpaired) electrons. The Morgan fingerprint density at radius 3 is 2.44 bits per heavy atom. The minimum absolute atomic E-state index is 0.0779. The molecule has 8 heteroatoms. The van der Waals surface area contributed by atoms with Crippen molar-refractivity contribution in [3.63, 3.8) is 0 Å². The largest absolute Gasteiger partial charge is 0.347 e. The van der Waals surface area contributed by atoms with Gasteiger partial charge in [0.15, 0.2) is 0 Å². The molecule has 0 fully saturated rings. The Morgan fingerprint density at radius 2 is 1.81 bits per heavy atom. The Morgan fingerprint density at radius 1 is 1.15 bits per heavy atom. The highest BCUT2D eigenvalue weighted by Crippen LogP contribution is 2.19. The molecule has 1 heterocycles. The first-order valence-electron chi connectivity index (χ1n) is 8.65. The average molecular weight is 409 g/mol. The number of aryl methyl sites for hydroxylation is 1. The smallest absolute Gasteiger partial charge is 0.264 e. The zero-order chi connectivity index (χ0) is 20.0. The number of hydrogen-bond donors (Lipinski definition) is 2. The zero-order valence-corrected chi connectivity index (χ0v) is 17.2. The van der Waals surface area contributed by atoms with E-state index in [-0.39, 0.29) is 22.1 Å². The molecule has 0 aliphatic carbocycles. The summed E-state index contributed by atoms with van der Waals surface area (Å²) in [4.78, 5) is 24.2. The zero-order valence-electron chi connectivity index (χ0n) is 15.6. The van der Waals surface area contributed by atoms with Crippen molar-refractivity contribution in [1.82, 2.24) is 10.0 Å². The van der Waals surface area contributed by atoms with Gasteiger partial charge in [-0.3, -0.25) is 9.59 Å². The summed E-state index contributed by atoms with van der Waals surface area (Å²) in [6, 6.07) is 9.05. The molecule has 2 rings (SSSR count). The van der Waals surface area contributed by atoms with Crippen LogP contribution in [-0.4, -0.2) is 20.2 Å². The van der Waals surface area contributed by atoms with Crippen molar-refractivity contribution in [1.29, 1.82) is 0 Å². The number of rotatable bonds is 8. The lowest BCUT2D eigenvalue weighted by Gasteiger charge is -2.06. The van der Waals surface area contributed by atoms with Crippen molar-refractivity contribution in [3.8, 4) is 0 Å². The third-order valence-corrected chi connectivity index (χ3v) is 6.31. The van der Waals surface area contributed by atoms with Crippen LogP contribution in [0.2, 0.25) is 0 Å². The fourth-order valence-electron chi connectivity index (χ4n) is 2.23. The van der Waals surface area contributed by atoms with Crippen LogP contribution in [0.3, 0.4) is 0 Å². The molecule has 0 aliphatic rings. The number of hydrogen-bond acceptors (Lipinski definition) is 5. The van der Waals surface area contributed by atoms with Gasteiger partial charge in [-0.15, -0.1) is 11.3 Å². The summed E-state index contributed by atoms with van der Waals surface area (Å²) in [5.74, 6) is -0.586. The molecule has 6 nitrogen and oxygen atoms in total. The molecule has 0 saturated heterocycles. The van der Waals surface area contributed by atoms with Crippen LogP contribution in [0.25, 0.3) is 0 Å². The van der Waals surface area contributed by atoms with Gasteiger partial charge in [-0.2, -0.15) is 0 Å². The number of sulfonamides is 1. The van der Waals surface area contributed by atoms with E-state index in [0.717, 1.165) is 22.5 Å². The highest BCUT2D eigenvalue weighted by molar-refractivity contribution is 7.90. The van der Waals surface area contributed by atoms with Crippen LogP contribution in [0.5, 0.6) is 0 Å². The number of benzene rings is 1. The molecule has 1 aromatic carbocycles. The SMILES string of the molecule is Cc1ccc(CNC(=O)c2cc(S(=O)(=O)NC(=O)CCC(C)C)cs2)cc1. The molecule has 2 amide bonds. The predicted octanol–water partition coefficient (Wildman–Crippen LogP) is 3.23. The van der Waals surface area contributed by atoms with Gasteiger partial charge in [-0.25, -0.2) is 13.1 Å². The van der Waals surface area contributed by atoms with Crippen molar-refractivity contribution in [2.75, 3.05) is 0 Å². The molecule has 146 valence electrons. The first-order valence-corrected chi connectivity index (χ1v) is 11.0. The molecule has 27 heavy (non-hydrogen) atoms. The Bertz CT molecular complexity index is 900. The van der Waals surface area contributed by atoms with Crippen LogP contribution in [0.4, 0.5) is 0 Å². The highest BCUT2D eigenvalue weighted by atomic mass is 32.2. The lowest BCUT2D eigenvalue weighted by Crippen LogP contribution is -2.30. The van der Waals surface area contributed by atoms with Crippen LogP contribution in [0.1, 0.15) is 47.5 Å². The van der Waals surface area contributed by atoms with Crippen molar-refractivity contribution in [2.45, 2.75) is 45.1 Å². The summed E-state index contributed by atoms with van der Waals surface area (Å²) in [6.07, 6.45) is 0.753. The molecule has 2 aromatic rings. The van der Waals surface area contributed by atoms with E-state index in [4.69, 9.17) is 0 Å². The van der Waals surface area contributed by atoms with Gasteiger partial charge in [0.2, 0.25) is 5.91 Å². The topological polar surface area (TPSA) is 92.3 Å². The average Bonchev–Trinajstić information content (AvgIpc) is 3.10. The van der Waals surface area contributed by atoms with E-state index < -0.39 is 15.9 Å². The highest BCUT2D eigenvalue weighted by Gasteiger charge is 2.21. The second kappa shape index (κ2) is 9.14.